The largest absolute Gasteiger partial charge is 0.493 e. The predicted molar refractivity (Wildman–Crippen MR) is 94.3 cm³/mol. The lowest BCUT2D eigenvalue weighted by atomic mass is 9.90. The van der Waals surface area contributed by atoms with Gasteiger partial charge in [-0.2, -0.15) is 0 Å². The Hall–Kier alpha value is -2.44. The minimum Gasteiger partial charge on any atom is -0.493 e. The van der Waals surface area contributed by atoms with Crippen LogP contribution in [0, 0.1) is 5.41 Å². The highest BCUT2D eigenvalue weighted by Crippen LogP contribution is 2.40. The van der Waals surface area contributed by atoms with Gasteiger partial charge in [0.05, 0.1) is 21.3 Å². The summed E-state index contributed by atoms with van der Waals surface area (Å²) in [6.45, 7) is 4.70. The van der Waals surface area contributed by atoms with Crippen LogP contribution in [0.5, 0.6) is 17.2 Å². The Balaban J connectivity index is 2.22. The zero-order chi connectivity index (χ0) is 18.6. The highest BCUT2D eigenvalue weighted by molar-refractivity contribution is 6.10. The number of amides is 2. The molecule has 0 atom stereocenters. The molecular formula is C18H26N2O5. The van der Waals surface area contributed by atoms with E-state index >= 15 is 0 Å². The van der Waals surface area contributed by atoms with E-state index in [1.54, 1.807) is 30.9 Å². The molecule has 0 spiro atoms. The molecule has 1 saturated heterocycles. The smallest absolute Gasteiger partial charge is 0.239 e. The van der Waals surface area contributed by atoms with E-state index in [2.05, 4.69) is 5.32 Å². The van der Waals surface area contributed by atoms with Crippen molar-refractivity contribution in [2.45, 2.75) is 26.7 Å². The summed E-state index contributed by atoms with van der Waals surface area (Å²) in [5, 5.41) is 2.79. The fourth-order valence-corrected chi connectivity index (χ4v) is 2.85. The maximum Gasteiger partial charge on any atom is 0.239 e. The first-order valence-electron chi connectivity index (χ1n) is 8.26. The van der Waals surface area contributed by atoms with Crippen molar-refractivity contribution in [3.8, 4) is 17.2 Å². The van der Waals surface area contributed by atoms with Gasteiger partial charge in [0.2, 0.25) is 17.6 Å². The van der Waals surface area contributed by atoms with Crippen LogP contribution in [0.4, 0.5) is 5.69 Å². The van der Waals surface area contributed by atoms with Gasteiger partial charge in [0.1, 0.15) is 5.41 Å². The second-order valence-corrected chi connectivity index (χ2v) is 6.49. The maximum atomic E-state index is 12.7. The summed E-state index contributed by atoms with van der Waals surface area (Å²) < 4.78 is 15.8. The van der Waals surface area contributed by atoms with Crippen LogP contribution in [0.3, 0.4) is 0 Å². The molecular weight excluding hydrogens is 324 g/mol. The summed E-state index contributed by atoms with van der Waals surface area (Å²) in [5.41, 5.74) is -0.688. The van der Waals surface area contributed by atoms with Crippen molar-refractivity contribution in [1.82, 2.24) is 4.90 Å². The van der Waals surface area contributed by atoms with Crippen LogP contribution in [0.25, 0.3) is 0 Å². The van der Waals surface area contributed by atoms with Gasteiger partial charge in [0, 0.05) is 30.9 Å². The fraction of sp³-hybridized carbons (Fsp3) is 0.556. The molecule has 1 aliphatic rings. The van der Waals surface area contributed by atoms with E-state index in [4.69, 9.17) is 14.2 Å². The van der Waals surface area contributed by atoms with E-state index < -0.39 is 5.41 Å². The van der Waals surface area contributed by atoms with Gasteiger partial charge in [-0.3, -0.25) is 9.59 Å². The molecule has 2 amide bonds. The van der Waals surface area contributed by atoms with Crippen LogP contribution in [0.2, 0.25) is 0 Å². The maximum absolute atomic E-state index is 12.7. The van der Waals surface area contributed by atoms with E-state index in [0.717, 1.165) is 12.8 Å². The number of benzene rings is 1. The molecule has 1 heterocycles. The lowest BCUT2D eigenvalue weighted by Crippen LogP contribution is -2.46. The molecule has 0 saturated carbocycles. The number of likely N-dealkylation sites (tertiary alicyclic amines) is 1. The Morgan fingerprint density at radius 1 is 1.00 bits per heavy atom. The summed E-state index contributed by atoms with van der Waals surface area (Å²) >= 11 is 0. The molecule has 1 aromatic carbocycles. The highest BCUT2D eigenvalue weighted by Gasteiger charge is 2.40. The summed E-state index contributed by atoms with van der Waals surface area (Å²) in [4.78, 5) is 27.1. The molecule has 1 N–H and O–H groups in total. The minimum atomic E-state index is -1.16. The third kappa shape index (κ3) is 3.81. The van der Waals surface area contributed by atoms with Crippen LogP contribution >= 0.6 is 0 Å². The highest BCUT2D eigenvalue weighted by atomic mass is 16.5. The molecule has 7 heteroatoms. The number of hydrogen-bond acceptors (Lipinski definition) is 5. The van der Waals surface area contributed by atoms with Gasteiger partial charge in [-0.15, -0.1) is 0 Å². The van der Waals surface area contributed by atoms with Crippen LogP contribution in [-0.2, 0) is 9.59 Å². The van der Waals surface area contributed by atoms with E-state index in [-0.39, 0.29) is 11.8 Å². The summed E-state index contributed by atoms with van der Waals surface area (Å²) in [6, 6.07) is 3.27. The zero-order valence-corrected chi connectivity index (χ0v) is 15.5. The second-order valence-electron chi connectivity index (χ2n) is 6.49. The van der Waals surface area contributed by atoms with Gasteiger partial charge in [-0.25, -0.2) is 0 Å². The van der Waals surface area contributed by atoms with Crippen molar-refractivity contribution in [2.24, 2.45) is 5.41 Å². The number of hydrogen-bond donors (Lipinski definition) is 1. The predicted octanol–water partition coefficient (Wildman–Crippen LogP) is 2.30. The molecule has 1 fully saturated rings. The van der Waals surface area contributed by atoms with Crippen LogP contribution in [-0.4, -0.2) is 51.1 Å². The van der Waals surface area contributed by atoms with Gasteiger partial charge < -0.3 is 24.4 Å². The topological polar surface area (TPSA) is 77.1 Å². The van der Waals surface area contributed by atoms with Crippen molar-refractivity contribution in [3.63, 3.8) is 0 Å². The Morgan fingerprint density at radius 3 is 1.96 bits per heavy atom. The van der Waals surface area contributed by atoms with E-state index in [1.165, 1.54) is 21.3 Å². The number of anilines is 1. The first kappa shape index (κ1) is 18.9. The van der Waals surface area contributed by atoms with Crippen LogP contribution in [0.1, 0.15) is 26.7 Å². The standard InChI is InChI=1S/C18H26N2O5/c1-18(2,17(22)20-8-6-7-9-20)16(21)19-12-10-13(23-3)15(25-5)14(11-12)24-4/h10-11H,6-9H2,1-5H3,(H,19,21). The summed E-state index contributed by atoms with van der Waals surface area (Å²) in [6.07, 6.45) is 1.96. The monoisotopic (exact) mass is 350 g/mol. The number of nitrogens with one attached hydrogen (secondary N) is 1. The molecule has 0 aromatic heterocycles. The van der Waals surface area contributed by atoms with E-state index in [1.807, 2.05) is 0 Å². The number of carbonyl (C=O) groups is 2. The van der Waals surface area contributed by atoms with Gasteiger partial charge in [0.25, 0.3) is 0 Å². The molecule has 1 aliphatic heterocycles. The number of carbonyl (C=O) groups excluding carboxylic acids is 2. The molecule has 0 radical (unpaired) electrons. The lowest BCUT2D eigenvalue weighted by molar-refractivity contribution is -0.145. The first-order valence-corrected chi connectivity index (χ1v) is 8.26. The van der Waals surface area contributed by atoms with E-state index in [9.17, 15) is 9.59 Å². The number of rotatable bonds is 6. The van der Waals surface area contributed by atoms with Crippen molar-refractivity contribution in [1.29, 1.82) is 0 Å². The second kappa shape index (κ2) is 7.63. The molecule has 0 aliphatic carbocycles. The normalized spacial score (nSPS) is 14.2. The van der Waals surface area contributed by atoms with Crippen molar-refractivity contribution in [3.05, 3.63) is 12.1 Å². The molecule has 0 unspecified atom stereocenters. The number of methoxy groups -OCH3 is 3. The Morgan fingerprint density at radius 2 is 1.52 bits per heavy atom. The van der Waals surface area contributed by atoms with E-state index in [0.29, 0.717) is 36.0 Å². The SMILES string of the molecule is COc1cc(NC(=O)C(C)(C)C(=O)N2CCCC2)cc(OC)c1OC. The van der Waals surface area contributed by atoms with Gasteiger partial charge >= 0.3 is 0 Å². The Kier molecular flexibility index (Phi) is 5.77. The first-order chi connectivity index (χ1) is 11.8. The van der Waals surface area contributed by atoms with Crippen molar-refractivity contribution >= 4 is 17.5 Å². The third-order valence-electron chi connectivity index (χ3n) is 4.42. The summed E-state index contributed by atoms with van der Waals surface area (Å²) in [5.74, 6) is 0.769. The number of nitrogens with zero attached hydrogens (tertiary/aromatic N) is 1. The van der Waals surface area contributed by atoms with Crippen LogP contribution < -0.4 is 19.5 Å². The van der Waals surface area contributed by atoms with Crippen molar-refractivity contribution < 1.29 is 23.8 Å². The zero-order valence-electron chi connectivity index (χ0n) is 15.5. The molecule has 7 nitrogen and oxygen atoms in total. The average molecular weight is 350 g/mol. The lowest BCUT2D eigenvalue weighted by Gasteiger charge is -2.28. The summed E-state index contributed by atoms with van der Waals surface area (Å²) in [7, 11) is 4.52. The Labute approximate surface area is 148 Å². The van der Waals surface area contributed by atoms with Gasteiger partial charge in [-0.05, 0) is 26.7 Å². The van der Waals surface area contributed by atoms with Crippen molar-refractivity contribution in [2.75, 3.05) is 39.7 Å². The Bertz CT molecular complexity index is 626. The van der Waals surface area contributed by atoms with Crippen LogP contribution in [0.15, 0.2) is 12.1 Å². The third-order valence-corrected chi connectivity index (χ3v) is 4.42. The molecule has 0 bridgehead atoms. The number of ether oxygens (including phenoxy) is 3. The average Bonchev–Trinajstić information content (AvgIpc) is 3.14. The van der Waals surface area contributed by atoms with Gasteiger partial charge in [-0.1, -0.05) is 0 Å². The molecule has 2 rings (SSSR count). The minimum absolute atomic E-state index is 0.157. The molecule has 25 heavy (non-hydrogen) atoms. The fourth-order valence-electron chi connectivity index (χ4n) is 2.85. The quantitative estimate of drug-likeness (QED) is 0.797. The molecule has 1 aromatic rings. The molecule has 138 valence electrons. The van der Waals surface area contributed by atoms with Gasteiger partial charge in [0.15, 0.2) is 11.5 Å².